The summed E-state index contributed by atoms with van der Waals surface area (Å²) < 4.78 is 0.280. The molecule has 1 aromatic rings. The second kappa shape index (κ2) is 4.93. The number of thioether (sulfide) groups is 1. The lowest BCUT2D eigenvalue weighted by Gasteiger charge is -2.12. The molecular formula is C11H16N4OS. The zero-order chi connectivity index (χ0) is 12.3. The van der Waals surface area contributed by atoms with E-state index in [9.17, 15) is 4.79 Å². The Bertz CT molecular complexity index is 402. The molecule has 0 aliphatic heterocycles. The maximum absolute atomic E-state index is 11.8. The van der Waals surface area contributed by atoms with E-state index in [-0.39, 0.29) is 10.7 Å². The second-order valence-electron chi connectivity index (χ2n) is 4.15. The predicted molar refractivity (Wildman–Crippen MR) is 69.9 cm³/mol. The summed E-state index contributed by atoms with van der Waals surface area (Å²) in [5, 5.41) is 2.94. The SMILES string of the molecule is CSC1(CNC(=O)c2ccc(NN)nc2)CC1. The minimum atomic E-state index is -0.0820. The van der Waals surface area contributed by atoms with Crippen LogP contribution >= 0.6 is 11.8 Å². The largest absolute Gasteiger partial charge is 0.351 e. The van der Waals surface area contributed by atoms with Crippen LogP contribution in [0, 0.1) is 0 Å². The van der Waals surface area contributed by atoms with E-state index in [0.29, 0.717) is 11.4 Å². The third kappa shape index (κ3) is 2.89. The van der Waals surface area contributed by atoms with Crippen molar-refractivity contribution in [2.45, 2.75) is 17.6 Å². The van der Waals surface area contributed by atoms with E-state index >= 15 is 0 Å². The molecule has 1 heterocycles. The van der Waals surface area contributed by atoms with Crippen molar-refractivity contribution in [1.82, 2.24) is 10.3 Å². The molecule has 0 unspecified atom stereocenters. The van der Waals surface area contributed by atoms with Crippen molar-refractivity contribution in [3.63, 3.8) is 0 Å². The number of nitrogens with two attached hydrogens (primary N) is 1. The molecule has 6 heteroatoms. The summed E-state index contributed by atoms with van der Waals surface area (Å²) in [5.74, 6) is 5.67. The zero-order valence-corrected chi connectivity index (χ0v) is 10.5. The number of hydrazine groups is 1. The summed E-state index contributed by atoms with van der Waals surface area (Å²) in [7, 11) is 0. The van der Waals surface area contributed by atoms with Crippen LogP contribution in [0.2, 0.25) is 0 Å². The number of carbonyl (C=O) groups excluding carboxylic acids is 1. The van der Waals surface area contributed by atoms with Gasteiger partial charge in [0.15, 0.2) is 0 Å². The molecule has 1 aromatic heterocycles. The van der Waals surface area contributed by atoms with Crippen LogP contribution in [0.5, 0.6) is 0 Å². The third-order valence-electron chi connectivity index (χ3n) is 2.99. The fourth-order valence-electron chi connectivity index (χ4n) is 1.55. The molecule has 1 aliphatic carbocycles. The van der Waals surface area contributed by atoms with E-state index in [1.54, 1.807) is 12.1 Å². The molecule has 1 aliphatic rings. The Morgan fingerprint density at radius 3 is 2.82 bits per heavy atom. The number of hydrogen-bond acceptors (Lipinski definition) is 5. The molecule has 1 amide bonds. The van der Waals surface area contributed by atoms with Gasteiger partial charge in [0.05, 0.1) is 5.56 Å². The molecule has 1 saturated carbocycles. The standard InChI is InChI=1S/C11H16N4OS/c1-17-11(4-5-11)7-14-10(16)8-2-3-9(15-12)13-6-8/h2-3,6H,4-5,7,12H2,1H3,(H,13,15)(H,14,16). The normalized spacial score (nSPS) is 16.4. The first kappa shape index (κ1) is 12.2. The molecule has 0 spiro atoms. The van der Waals surface area contributed by atoms with Crippen LogP contribution in [-0.4, -0.2) is 28.4 Å². The molecule has 0 bridgehead atoms. The molecule has 2 rings (SSSR count). The topological polar surface area (TPSA) is 80.0 Å². The van der Waals surface area contributed by atoms with Crippen molar-refractivity contribution in [2.24, 2.45) is 5.84 Å². The van der Waals surface area contributed by atoms with Crippen LogP contribution in [0.25, 0.3) is 0 Å². The van der Waals surface area contributed by atoms with Crippen LogP contribution in [0.1, 0.15) is 23.2 Å². The Hall–Kier alpha value is -1.27. The molecule has 92 valence electrons. The number of hydrogen-bond donors (Lipinski definition) is 3. The molecule has 0 aromatic carbocycles. The maximum atomic E-state index is 11.8. The van der Waals surface area contributed by atoms with Crippen molar-refractivity contribution in [3.05, 3.63) is 23.9 Å². The molecule has 1 fully saturated rings. The van der Waals surface area contributed by atoms with Gasteiger partial charge in [0, 0.05) is 17.5 Å². The lowest BCUT2D eigenvalue weighted by Crippen LogP contribution is -2.31. The van der Waals surface area contributed by atoms with E-state index in [1.807, 2.05) is 11.8 Å². The Kier molecular flexibility index (Phi) is 3.54. The van der Waals surface area contributed by atoms with E-state index in [1.165, 1.54) is 19.0 Å². The minimum absolute atomic E-state index is 0.0820. The average Bonchev–Trinajstić information content (AvgIpc) is 3.17. The lowest BCUT2D eigenvalue weighted by atomic mass is 10.2. The Morgan fingerprint density at radius 2 is 2.35 bits per heavy atom. The number of anilines is 1. The average molecular weight is 252 g/mol. The molecule has 5 nitrogen and oxygen atoms in total. The number of carbonyl (C=O) groups is 1. The summed E-state index contributed by atoms with van der Waals surface area (Å²) in [4.78, 5) is 15.8. The van der Waals surface area contributed by atoms with Gasteiger partial charge in [-0.1, -0.05) is 0 Å². The number of aromatic nitrogens is 1. The smallest absolute Gasteiger partial charge is 0.252 e. The summed E-state index contributed by atoms with van der Waals surface area (Å²) in [6, 6.07) is 3.38. The number of amides is 1. The van der Waals surface area contributed by atoms with Crippen LogP contribution in [0.15, 0.2) is 18.3 Å². The van der Waals surface area contributed by atoms with Crippen molar-refractivity contribution < 1.29 is 4.79 Å². The van der Waals surface area contributed by atoms with E-state index in [4.69, 9.17) is 5.84 Å². The van der Waals surface area contributed by atoms with Crippen LogP contribution in [0.3, 0.4) is 0 Å². The Labute approximate surface area is 105 Å². The molecule has 0 atom stereocenters. The first-order chi connectivity index (χ1) is 8.19. The minimum Gasteiger partial charge on any atom is -0.351 e. The maximum Gasteiger partial charge on any atom is 0.252 e. The van der Waals surface area contributed by atoms with E-state index in [2.05, 4.69) is 22.0 Å². The number of rotatable bonds is 5. The quantitative estimate of drug-likeness (QED) is 0.538. The van der Waals surface area contributed by atoms with Gasteiger partial charge in [-0.2, -0.15) is 11.8 Å². The monoisotopic (exact) mass is 252 g/mol. The highest BCUT2D eigenvalue weighted by atomic mass is 32.2. The van der Waals surface area contributed by atoms with Crippen LogP contribution < -0.4 is 16.6 Å². The highest BCUT2D eigenvalue weighted by Crippen LogP contribution is 2.46. The Balaban J connectivity index is 1.90. The fraction of sp³-hybridized carbons (Fsp3) is 0.455. The molecule has 0 saturated heterocycles. The summed E-state index contributed by atoms with van der Waals surface area (Å²) in [5.41, 5.74) is 2.98. The molecule has 17 heavy (non-hydrogen) atoms. The van der Waals surface area contributed by atoms with Gasteiger partial charge in [-0.05, 0) is 31.2 Å². The van der Waals surface area contributed by atoms with Crippen molar-refractivity contribution in [3.8, 4) is 0 Å². The Morgan fingerprint density at radius 1 is 1.59 bits per heavy atom. The lowest BCUT2D eigenvalue weighted by molar-refractivity contribution is 0.0952. The zero-order valence-electron chi connectivity index (χ0n) is 9.69. The van der Waals surface area contributed by atoms with Crippen molar-refractivity contribution in [1.29, 1.82) is 0 Å². The molecule has 4 N–H and O–H groups in total. The van der Waals surface area contributed by atoms with Gasteiger partial charge < -0.3 is 10.7 Å². The first-order valence-electron chi connectivity index (χ1n) is 5.45. The summed E-state index contributed by atoms with van der Waals surface area (Å²) >= 11 is 1.82. The highest BCUT2D eigenvalue weighted by molar-refractivity contribution is 8.00. The van der Waals surface area contributed by atoms with Gasteiger partial charge in [0.2, 0.25) is 0 Å². The van der Waals surface area contributed by atoms with Gasteiger partial charge >= 0.3 is 0 Å². The highest BCUT2D eigenvalue weighted by Gasteiger charge is 2.41. The fourth-order valence-corrected chi connectivity index (χ4v) is 2.28. The van der Waals surface area contributed by atoms with Gasteiger partial charge in [-0.15, -0.1) is 0 Å². The predicted octanol–water partition coefficient (Wildman–Crippen LogP) is 0.993. The van der Waals surface area contributed by atoms with E-state index < -0.39 is 0 Å². The number of nitrogen functional groups attached to an aromatic ring is 1. The molecular weight excluding hydrogens is 236 g/mol. The van der Waals surface area contributed by atoms with Crippen molar-refractivity contribution in [2.75, 3.05) is 18.2 Å². The van der Waals surface area contributed by atoms with Gasteiger partial charge in [-0.3, -0.25) is 4.79 Å². The van der Waals surface area contributed by atoms with E-state index in [0.717, 1.165) is 6.54 Å². The number of nitrogens with zero attached hydrogens (tertiary/aromatic N) is 1. The third-order valence-corrected chi connectivity index (χ3v) is 4.40. The second-order valence-corrected chi connectivity index (χ2v) is 5.42. The van der Waals surface area contributed by atoms with Crippen LogP contribution in [0.4, 0.5) is 5.82 Å². The first-order valence-corrected chi connectivity index (χ1v) is 6.68. The summed E-state index contributed by atoms with van der Waals surface area (Å²) in [6.07, 6.45) is 5.97. The number of pyridine rings is 1. The van der Waals surface area contributed by atoms with Crippen molar-refractivity contribution >= 4 is 23.5 Å². The molecule has 0 radical (unpaired) electrons. The van der Waals surface area contributed by atoms with Gasteiger partial charge in [0.25, 0.3) is 5.91 Å². The number of nitrogens with one attached hydrogen (secondary N) is 2. The van der Waals surface area contributed by atoms with Gasteiger partial charge in [0.1, 0.15) is 5.82 Å². The summed E-state index contributed by atoms with van der Waals surface area (Å²) in [6.45, 7) is 0.726. The van der Waals surface area contributed by atoms with Gasteiger partial charge in [-0.25, -0.2) is 10.8 Å². The van der Waals surface area contributed by atoms with Crippen LogP contribution in [-0.2, 0) is 0 Å².